The third-order valence-electron chi connectivity index (χ3n) is 5.38. The number of primary sulfonamides is 1. The Morgan fingerprint density at radius 2 is 1.82 bits per heavy atom. The number of thioether (sulfide) groups is 1. The summed E-state index contributed by atoms with van der Waals surface area (Å²) in [5, 5.41) is 16.9. The number of nitrogens with two attached hydrogens (primary N) is 1. The predicted molar refractivity (Wildman–Crippen MR) is 129 cm³/mol. The van der Waals surface area contributed by atoms with E-state index in [0.29, 0.717) is 10.8 Å². The largest absolute Gasteiger partial charge is 0.341 e. The number of carbonyl (C=O) groups excluding carboxylic acids is 1. The number of benzene rings is 2. The average molecular weight is 487 g/mol. The van der Waals surface area contributed by atoms with Gasteiger partial charge in [0, 0.05) is 18.8 Å². The van der Waals surface area contributed by atoms with Gasteiger partial charge in [-0.1, -0.05) is 35.5 Å². The molecule has 2 heterocycles. The lowest BCUT2D eigenvalue weighted by molar-refractivity contribution is -0.115. The van der Waals surface area contributed by atoms with Crippen molar-refractivity contribution in [2.75, 3.05) is 23.3 Å². The minimum atomic E-state index is -3.86. The Balaban J connectivity index is 1.57. The van der Waals surface area contributed by atoms with Crippen molar-refractivity contribution in [1.29, 1.82) is 0 Å². The number of anilines is 2. The van der Waals surface area contributed by atoms with E-state index in [1.807, 2.05) is 35.8 Å². The first-order valence-corrected chi connectivity index (χ1v) is 13.0. The van der Waals surface area contributed by atoms with Gasteiger partial charge in [0.15, 0.2) is 5.16 Å². The molecule has 0 saturated carbocycles. The van der Waals surface area contributed by atoms with Crippen LogP contribution in [0.2, 0.25) is 0 Å². The zero-order valence-corrected chi connectivity index (χ0v) is 20.1. The molecule has 1 unspecified atom stereocenters. The van der Waals surface area contributed by atoms with Crippen LogP contribution in [0, 0.1) is 6.92 Å². The Hall–Kier alpha value is -2.89. The number of nitrogens with one attached hydrogen (secondary N) is 1. The van der Waals surface area contributed by atoms with Gasteiger partial charge < -0.3 is 10.2 Å². The molecule has 2 aromatic carbocycles. The summed E-state index contributed by atoms with van der Waals surface area (Å²) in [6.07, 6.45) is 2.22. The molecule has 3 aromatic rings. The fourth-order valence-electron chi connectivity index (χ4n) is 3.59. The van der Waals surface area contributed by atoms with E-state index in [1.54, 1.807) is 13.0 Å². The molecular weight excluding hydrogens is 460 g/mol. The van der Waals surface area contributed by atoms with Gasteiger partial charge in [-0.15, -0.1) is 10.2 Å². The molecule has 11 heteroatoms. The first-order chi connectivity index (χ1) is 15.7. The molecule has 174 valence electrons. The van der Waals surface area contributed by atoms with E-state index in [1.165, 1.54) is 30.0 Å². The van der Waals surface area contributed by atoms with Gasteiger partial charge in [0.25, 0.3) is 0 Å². The van der Waals surface area contributed by atoms with E-state index in [2.05, 4.69) is 20.4 Å². The second-order valence-electron chi connectivity index (χ2n) is 7.97. The van der Waals surface area contributed by atoms with E-state index in [0.717, 1.165) is 43.1 Å². The van der Waals surface area contributed by atoms with Gasteiger partial charge in [0.1, 0.15) is 0 Å². The zero-order valence-electron chi connectivity index (χ0n) is 18.4. The first kappa shape index (κ1) is 23.3. The Bertz CT molecular complexity index is 1250. The number of sulfonamides is 1. The third kappa shape index (κ3) is 5.37. The smallest absolute Gasteiger partial charge is 0.238 e. The fourth-order valence-corrected chi connectivity index (χ4v) is 5.01. The van der Waals surface area contributed by atoms with Crippen molar-refractivity contribution in [3.05, 3.63) is 54.1 Å². The maximum Gasteiger partial charge on any atom is 0.238 e. The molecule has 0 radical (unpaired) electrons. The molecule has 1 saturated heterocycles. The monoisotopic (exact) mass is 486 g/mol. The van der Waals surface area contributed by atoms with Crippen LogP contribution in [0.4, 0.5) is 11.6 Å². The molecule has 1 aliphatic rings. The maximum atomic E-state index is 12.9. The summed E-state index contributed by atoms with van der Waals surface area (Å²) >= 11 is 1.29. The van der Waals surface area contributed by atoms with Gasteiger partial charge >= 0.3 is 0 Å². The molecule has 3 N–H and O–H groups in total. The number of hydrogen-bond donors (Lipinski definition) is 2. The molecule has 0 bridgehead atoms. The molecule has 1 fully saturated rings. The number of nitrogens with zero attached hydrogens (tertiary/aromatic N) is 4. The normalized spacial score (nSPS) is 14.9. The molecule has 0 aliphatic carbocycles. The van der Waals surface area contributed by atoms with Crippen molar-refractivity contribution in [2.45, 2.75) is 42.0 Å². The van der Waals surface area contributed by atoms with E-state index < -0.39 is 15.3 Å². The van der Waals surface area contributed by atoms with Crippen LogP contribution in [0.3, 0.4) is 0 Å². The van der Waals surface area contributed by atoms with E-state index >= 15 is 0 Å². The average Bonchev–Trinajstić information content (AvgIpc) is 3.44. The first-order valence-electron chi connectivity index (χ1n) is 10.6. The molecule has 1 aromatic heterocycles. The topological polar surface area (TPSA) is 123 Å². The Kier molecular flexibility index (Phi) is 6.73. The van der Waals surface area contributed by atoms with Crippen LogP contribution in [0.1, 0.15) is 25.3 Å². The second-order valence-corrected chi connectivity index (χ2v) is 10.8. The Labute approximate surface area is 197 Å². The number of rotatable bonds is 7. The van der Waals surface area contributed by atoms with Crippen LogP contribution in [-0.2, 0) is 14.8 Å². The summed E-state index contributed by atoms with van der Waals surface area (Å²) in [7, 11) is -3.86. The molecule has 9 nitrogen and oxygen atoms in total. The van der Waals surface area contributed by atoms with Crippen LogP contribution < -0.4 is 15.4 Å². The lowest BCUT2D eigenvalue weighted by Gasteiger charge is -2.19. The van der Waals surface area contributed by atoms with Crippen LogP contribution in [0.15, 0.2) is 58.6 Å². The molecule has 0 spiro atoms. The SMILES string of the molecule is Cc1ccc(-n2c(SC(C)C(=O)Nc3cccc(S(N)(=O)=O)c3)nnc2N2CCCC2)cc1. The summed E-state index contributed by atoms with van der Waals surface area (Å²) in [5.74, 6) is 0.486. The van der Waals surface area contributed by atoms with Crippen LogP contribution in [-0.4, -0.2) is 47.4 Å². The number of carbonyl (C=O) groups is 1. The second kappa shape index (κ2) is 9.54. The molecule has 1 aliphatic heterocycles. The quantitative estimate of drug-likeness (QED) is 0.492. The number of amides is 1. The standard InChI is InChI=1S/C22H26N6O3S2/c1-15-8-10-18(11-9-15)28-21(27-12-3-4-13-27)25-26-22(28)32-16(2)20(29)24-17-6-5-7-19(14-17)33(23,30)31/h5-11,14,16H,3-4,12-13H2,1-2H3,(H,24,29)(H2,23,30,31). The summed E-state index contributed by atoms with van der Waals surface area (Å²) in [6.45, 7) is 5.65. The van der Waals surface area contributed by atoms with Gasteiger partial charge in [-0.25, -0.2) is 13.6 Å². The Morgan fingerprint density at radius 3 is 2.48 bits per heavy atom. The van der Waals surface area contributed by atoms with Crippen molar-refractivity contribution >= 4 is 39.3 Å². The highest BCUT2D eigenvalue weighted by Gasteiger charge is 2.25. The van der Waals surface area contributed by atoms with Crippen LogP contribution in [0.25, 0.3) is 5.69 Å². The highest BCUT2D eigenvalue weighted by molar-refractivity contribution is 8.00. The molecule has 33 heavy (non-hydrogen) atoms. The van der Waals surface area contributed by atoms with Crippen molar-refractivity contribution < 1.29 is 13.2 Å². The van der Waals surface area contributed by atoms with Gasteiger partial charge in [-0.05, 0) is 57.0 Å². The number of aromatic nitrogens is 3. The van der Waals surface area contributed by atoms with Crippen molar-refractivity contribution in [2.24, 2.45) is 5.14 Å². The summed E-state index contributed by atoms with van der Waals surface area (Å²) in [6, 6.07) is 14.0. The molecular formula is C22H26N6O3S2. The van der Waals surface area contributed by atoms with Crippen molar-refractivity contribution in [1.82, 2.24) is 14.8 Å². The Morgan fingerprint density at radius 1 is 1.12 bits per heavy atom. The highest BCUT2D eigenvalue weighted by Crippen LogP contribution is 2.31. The van der Waals surface area contributed by atoms with Crippen LogP contribution in [0.5, 0.6) is 0 Å². The summed E-state index contributed by atoms with van der Waals surface area (Å²) < 4.78 is 25.2. The van der Waals surface area contributed by atoms with Gasteiger partial charge in [-0.2, -0.15) is 0 Å². The summed E-state index contributed by atoms with van der Waals surface area (Å²) in [4.78, 5) is 15.0. The maximum absolute atomic E-state index is 12.9. The molecule has 1 amide bonds. The highest BCUT2D eigenvalue weighted by atomic mass is 32.2. The number of aryl methyl sites for hydroxylation is 1. The van der Waals surface area contributed by atoms with E-state index in [-0.39, 0.29) is 10.8 Å². The van der Waals surface area contributed by atoms with Crippen molar-refractivity contribution in [3.63, 3.8) is 0 Å². The lowest BCUT2D eigenvalue weighted by atomic mass is 10.2. The summed E-state index contributed by atoms with van der Waals surface area (Å²) in [5.41, 5.74) is 2.44. The zero-order chi connectivity index (χ0) is 23.6. The van der Waals surface area contributed by atoms with Gasteiger partial charge in [0.05, 0.1) is 15.8 Å². The number of hydrogen-bond acceptors (Lipinski definition) is 7. The van der Waals surface area contributed by atoms with E-state index in [9.17, 15) is 13.2 Å². The van der Waals surface area contributed by atoms with Crippen molar-refractivity contribution in [3.8, 4) is 5.69 Å². The fraction of sp³-hybridized carbons (Fsp3) is 0.318. The third-order valence-corrected chi connectivity index (χ3v) is 7.33. The van der Waals surface area contributed by atoms with E-state index in [4.69, 9.17) is 5.14 Å². The minimum Gasteiger partial charge on any atom is -0.341 e. The van der Waals surface area contributed by atoms with Crippen LogP contribution >= 0.6 is 11.8 Å². The molecule has 1 atom stereocenters. The lowest BCUT2D eigenvalue weighted by Crippen LogP contribution is -2.24. The minimum absolute atomic E-state index is 0.0602. The predicted octanol–water partition coefficient (Wildman–Crippen LogP) is 2.94. The van der Waals surface area contributed by atoms with Gasteiger partial charge in [0.2, 0.25) is 21.9 Å². The molecule has 4 rings (SSSR count). The van der Waals surface area contributed by atoms with Gasteiger partial charge in [-0.3, -0.25) is 9.36 Å².